The number of allylic oxidation sites excluding steroid dienone is 13. The van der Waals surface area contributed by atoms with Gasteiger partial charge >= 0.3 is 0 Å². The van der Waals surface area contributed by atoms with Gasteiger partial charge in [0.1, 0.15) is 0 Å². The highest BCUT2D eigenvalue weighted by Gasteiger charge is 2.42. The lowest BCUT2D eigenvalue weighted by atomic mass is 9.58. The Morgan fingerprint density at radius 2 is 1.52 bits per heavy atom. The van der Waals surface area contributed by atoms with E-state index in [2.05, 4.69) is 105 Å². The Morgan fingerprint density at radius 1 is 0.977 bits per heavy atom. The smallest absolute Gasteiger partial charge is 0.00131 e. The van der Waals surface area contributed by atoms with E-state index in [-0.39, 0.29) is 0 Å². The lowest BCUT2D eigenvalue weighted by Gasteiger charge is -2.47. The minimum absolute atomic E-state index is 0.438. The van der Waals surface area contributed by atoms with E-state index >= 15 is 0 Å². The summed E-state index contributed by atoms with van der Waals surface area (Å²) < 4.78 is 0. The molecule has 44 heavy (non-hydrogen) atoms. The Labute approximate surface area is 277 Å². The largest absolute Gasteiger partial charge is 0.100 e. The van der Waals surface area contributed by atoms with Gasteiger partial charge in [-0.25, -0.2) is 0 Å². The number of hydrogen-bond acceptors (Lipinski definition) is 0. The van der Waals surface area contributed by atoms with Crippen molar-refractivity contribution in [2.45, 2.75) is 153 Å². The van der Waals surface area contributed by atoms with Crippen molar-refractivity contribution in [3.8, 4) is 0 Å². The Hall–Kier alpha value is -2.08. The van der Waals surface area contributed by atoms with Crippen LogP contribution >= 0.6 is 0 Å². The van der Waals surface area contributed by atoms with Crippen LogP contribution in [0, 0.1) is 29.1 Å². The molecule has 0 aromatic heterocycles. The lowest BCUT2D eigenvalue weighted by Crippen LogP contribution is -2.36. The Balaban J connectivity index is 0.000000554. The quantitative estimate of drug-likeness (QED) is 0.222. The normalized spacial score (nSPS) is 23.9. The summed E-state index contributed by atoms with van der Waals surface area (Å²) in [7, 11) is 0. The van der Waals surface area contributed by atoms with Gasteiger partial charge in [0.2, 0.25) is 0 Å². The summed E-state index contributed by atoms with van der Waals surface area (Å²) in [5, 5.41) is 0. The molecule has 0 bridgehead atoms. The molecule has 0 nitrogen and oxygen atoms in total. The first-order valence-corrected chi connectivity index (χ1v) is 18.2. The standard InChI is InChI=1S/C13H18.C12H18.C9H14.C4H10.C4H8.C2H6/c1-10-4-5-12(3)13(7-6-10)8-11(2)9-13;1-10-6-2-5-9-12(10)11-7-3-4-8-11;1-3-5-8(4-2)9-6-7-9;2*1-4(2)3;1-2/h4-6,11H,3,7-9H2,1-2H3;5,9,11H,2-4,6-8H2,1H3;3,5,9H,1,4,6-7H2,2H3;4H,1-3H3;1H2,2-3H3;1-2H3/b;;8-5+;;;. The van der Waals surface area contributed by atoms with E-state index in [1.54, 1.807) is 16.7 Å². The zero-order valence-electron chi connectivity index (χ0n) is 31.5. The van der Waals surface area contributed by atoms with E-state index in [1.165, 1.54) is 93.8 Å². The molecule has 250 valence electrons. The predicted molar refractivity (Wildman–Crippen MR) is 204 cm³/mol. The molecule has 0 N–H and O–H groups in total. The Kier molecular flexibility index (Phi) is 22.2. The summed E-state index contributed by atoms with van der Waals surface area (Å²) in [6.07, 6.45) is 31.8. The third-order valence-corrected chi connectivity index (χ3v) is 8.63. The molecule has 0 amide bonds. The van der Waals surface area contributed by atoms with Gasteiger partial charge in [0, 0.05) is 0 Å². The Morgan fingerprint density at radius 3 is 1.95 bits per heavy atom. The molecule has 3 fully saturated rings. The van der Waals surface area contributed by atoms with Crippen LogP contribution < -0.4 is 0 Å². The molecule has 5 aliphatic carbocycles. The molecule has 5 aliphatic rings. The van der Waals surface area contributed by atoms with Crippen molar-refractivity contribution in [3.05, 3.63) is 95.7 Å². The van der Waals surface area contributed by atoms with Crippen molar-refractivity contribution in [3.63, 3.8) is 0 Å². The van der Waals surface area contributed by atoms with E-state index < -0.39 is 0 Å². The highest BCUT2D eigenvalue weighted by Crippen LogP contribution is 2.54. The molecule has 0 aromatic carbocycles. The van der Waals surface area contributed by atoms with Gasteiger partial charge in [-0.2, -0.15) is 0 Å². The average molecular weight is 603 g/mol. The minimum Gasteiger partial charge on any atom is -0.100 e. The van der Waals surface area contributed by atoms with Crippen molar-refractivity contribution < 1.29 is 0 Å². The van der Waals surface area contributed by atoms with Gasteiger partial charge in [-0.05, 0) is 132 Å². The Bertz CT molecular complexity index is 978. The molecule has 1 spiro atoms. The van der Waals surface area contributed by atoms with Crippen LogP contribution in [0.1, 0.15) is 153 Å². The van der Waals surface area contributed by atoms with Gasteiger partial charge in [0.15, 0.2) is 0 Å². The summed E-state index contributed by atoms with van der Waals surface area (Å²) in [5.41, 5.74) is 9.26. The molecule has 3 saturated carbocycles. The fourth-order valence-electron chi connectivity index (χ4n) is 6.33. The van der Waals surface area contributed by atoms with Crippen LogP contribution in [0.25, 0.3) is 0 Å². The molecule has 0 aliphatic heterocycles. The van der Waals surface area contributed by atoms with Crippen molar-refractivity contribution in [1.29, 1.82) is 0 Å². The maximum Gasteiger partial charge on any atom is -0.00131 e. The summed E-state index contributed by atoms with van der Waals surface area (Å²) in [6, 6.07) is 0. The fraction of sp³-hybridized carbons (Fsp3) is 0.636. The lowest BCUT2D eigenvalue weighted by molar-refractivity contribution is 0.117. The molecule has 0 unspecified atom stereocenters. The minimum atomic E-state index is 0.438. The molecule has 0 heterocycles. The van der Waals surface area contributed by atoms with Crippen molar-refractivity contribution in [2.24, 2.45) is 29.1 Å². The van der Waals surface area contributed by atoms with E-state index in [0.29, 0.717) is 5.41 Å². The van der Waals surface area contributed by atoms with Gasteiger partial charge in [0.05, 0.1) is 0 Å². The van der Waals surface area contributed by atoms with Crippen LogP contribution in [0.15, 0.2) is 95.7 Å². The van der Waals surface area contributed by atoms with Crippen LogP contribution in [0.2, 0.25) is 0 Å². The van der Waals surface area contributed by atoms with Gasteiger partial charge in [-0.3, -0.25) is 0 Å². The molecule has 0 aromatic rings. The third-order valence-electron chi connectivity index (χ3n) is 8.63. The zero-order valence-corrected chi connectivity index (χ0v) is 31.5. The SMILES string of the molecule is C=C(C)C.C=C/C=C(\CC)C1CC1.C=C1C=CC(C)=CCC12CC(C)C2.CC.CC(C)C.CC1=C(C2CCCC2)C=CCC1. The van der Waals surface area contributed by atoms with E-state index in [9.17, 15) is 0 Å². The second-order valence-corrected chi connectivity index (χ2v) is 14.5. The zero-order chi connectivity index (χ0) is 33.7. The first-order chi connectivity index (χ1) is 20.8. The van der Waals surface area contributed by atoms with Crippen LogP contribution in [0.5, 0.6) is 0 Å². The summed E-state index contributed by atoms with van der Waals surface area (Å²) in [4.78, 5) is 0. The second-order valence-electron chi connectivity index (χ2n) is 14.5. The second kappa shape index (κ2) is 23.3. The highest BCUT2D eigenvalue weighted by atomic mass is 14.5. The first-order valence-electron chi connectivity index (χ1n) is 18.2. The third kappa shape index (κ3) is 17.4. The molecular formula is C44H74. The number of rotatable bonds is 4. The average Bonchev–Trinajstić information content (AvgIpc) is 3.68. The first kappa shape index (κ1) is 41.9. The molecule has 0 saturated heterocycles. The van der Waals surface area contributed by atoms with Crippen LogP contribution in [-0.2, 0) is 0 Å². The van der Waals surface area contributed by atoms with Gasteiger partial charge in [-0.15, -0.1) is 6.58 Å². The van der Waals surface area contributed by atoms with Crippen molar-refractivity contribution >= 4 is 0 Å². The van der Waals surface area contributed by atoms with Gasteiger partial charge in [-0.1, -0.05) is 139 Å². The van der Waals surface area contributed by atoms with E-state index in [4.69, 9.17) is 0 Å². The van der Waals surface area contributed by atoms with Crippen LogP contribution in [0.3, 0.4) is 0 Å². The molecule has 0 atom stereocenters. The molecule has 0 heteroatoms. The summed E-state index contributed by atoms with van der Waals surface area (Å²) >= 11 is 0. The maximum atomic E-state index is 4.20. The van der Waals surface area contributed by atoms with E-state index in [0.717, 1.165) is 23.7 Å². The molecule has 0 radical (unpaired) electrons. The monoisotopic (exact) mass is 603 g/mol. The predicted octanol–water partition coefficient (Wildman–Crippen LogP) is 14.9. The van der Waals surface area contributed by atoms with E-state index in [1.807, 2.05) is 33.8 Å². The maximum absolute atomic E-state index is 4.20. The summed E-state index contributed by atoms with van der Waals surface area (Å²) in [5.74, 6) is 3.58. The summed E-state index contributed by atoms with van der Waals surface area (Å²) in [6.45, 7) is 34.9. The van der Waals surface area contributed by atoms with Gasteiger partial charge in [0.25, 0.3) is 0 Å². The topological polar surface area (TPSA) is 0 Å². The highest BCUT2D eigenvalue weighted by molar-refractivity contribution is 5.36. The number of hydrogen-bond donors (Lipinski definition) is 0. The van der Waals surface area contributed by atoms with Gasteiger partial charge < -0.3 is 0 Å². The van der Waals surface area contributed by atoms with Crippen LogP contribution in [0.4, 0.5) is 0 Å². The fourth-order valence-corrected chi connectivity index (χ4v) is 6.33. The van der Waals surface area contributed by atoms with Crippen molar-refractivity contribution in [1.82, 2.24) is 0 Å². The molecule has 5 rings (SSSR count). The van der Waals surface area contributed by atoms with Crippen LogP contribution in [-0.4, -0.2) is 0 Å². The van der Waals surface area contributed by atoms with Crippen molar-refractivity contribution in [2.75, 3.05) is 0 Å². The molecular weight excluding hydrogens is 528 g/mol.